The zero-order valence-corrected chi connectivity index (χ0v) is 6.77. The number of carbonyl (C=O) groups is 1. The Morgan fingerprint density at radius 2 is 2.08 bits per heavy atom. The third-order valence-electron chi connectivity index (χ3n) is 1.33. The summed E-state index contributed by atoms with van der Waals surface area (Å²) in [6.07, 6.45) is -0.211. The van der Waals surface area contributed by atoms with Crippen LogP contribution in [-0.2, 0) is 4.79 Å². The maximum Gasteiger partial charge on any atom is 0.418 e. The minimum Gasteiger partial charge on any atom is -0.379 e. The molecule has 0 saturated heterocycles. The van der Waals surface area contributed by atoms with Gasteiger partial charge in [-0.25, -0.2) is 0 Å². The molecule has 0 aromatic heterocycles. The molecule has 0 radical (unpaired) electrons. The van der Waals surface area contributed by atoms with Crippen molar-refractivity contribution in [2.75, 3.05) is 6.54 Å². The van der Waals surface area contributed by atoms with Gasteiger partial charge in [0.25, 0.3) is 5.91 Å². The van der Waals surface area contributed by atoms with Crippen LogP contribution in [0.1, 0.15) is 6.92 Å². The number of hydrogen-bond acceptors (Lipinski definition) is 2. The van der Waals surface area contributed by atoms with E-state index in [1.54, 1.807) is 11.2 Å². The van der Waals surface area contributed by atoms with Gasteiger partial charge in [-0.15, -0.1) is 6.42 Å². The van der Waals surface area contributed by atoms with Crippen LogP contribution in [0.2, 0.25) is 0 Å². The number of amides is 1. The molecule has 6 heteroatoms. The maximum atomic E-state index is 11.9. The highest BCUT2D eigenvalue weighted by Crippen LogP contribution is 2.28. The highest BCUT2D eigenvalue weighted by Gasteiger charge is 2.49. The van der Waals surface area contributed by atoms with Gasteiger partial charge in [-0.1, -0.05) is 0 Å². The van der Waals surface area contributed by atoms with Gasteiger partial charge in [0, 0.05) is 0 Å². The zero-order valence-electron chi connectivity index (χ0n) is 6.77. The molecule has 0 rings (SSSR count). The van der Waals surface area contributed by atoms with Crippen molar-refractivity contribution in [1.82, 2.24) is 5.32 Å². The van der Waals surface area contributed by atoms with Crippen LogP contribution >= 0.6 is 0 Å². The molecule has 1 amide bonds. The van der Waals surface area contributed by atoms with Crippen LogP contribution < -0.4 is 5.32 Å². The Balaban J connectivity index is 4.22. The first kappa shape index (κ1) is 11.8. The van der Waals surface area contributed by atoms with Crippen molar-refractivity contribution < 1.29 is 23.1 Å². The summed E-state index contributed by atoms with van der Waals surface area (Å²) in [7, 11) is 0. The second-order valence-corrected chi connectivity index (χ2v) is 2.60. The van der Waals surface area contributed by atoms with Crippen LogP contribution in [0.5, 0.6) is 0 Å². The van der Waals surface area contributed by atoms with Gasteiger partial charge < -0.3 is 10.4 Å². The largest absolute Gasteiger partial charge is 0.418 e. The molecule has 0 spiro atoms. The van der Waals surface area contributed by atoms with Crippen molar-refractivity contribution in [2.45, 2.75) is 18.7 Å². The molecule has 0 bridgehead atoms. The molecule has 74 valence electrons. The monoisotopic (exact) mass is 195 g/mol. The molecule has 0 aliphatic rings. The van der Waals surface area contributed by atoms with E-state index in [0.717, 1.165) is 0 Å². The average Bonchev–Trinajstić information content (AvgIpc) is 1.98. The third kappa shape index (κ3) is 3.34. The molecule has 1 atom stereocenters. The summed E-state index contributed by atoms with van der Waals surface area (Å²) < 4.78 is 35.8. The number of halogens is 3. The number of aliphatic hydroxyl groups is 1. The van der Waals surface area contributed by atoms with Gasteiger partial charge in [0.1, 0.15) is 0 Å². The number of terminal acetylenes is 1. The van der Waals surface area contributed by atoms with Crippen molar-refractivity contribution >= 4 is 5.91 Å². The first-order chi connectivity index (χ1) is 5.70. The van der Waals surface area contributed by atoms with Crippen molar-refractivity contribution in [2.24, 2.45) is 0 Å². The quantitative estimate of drug-likeness (QED) is 0.611. The van der Waals surface area contributed by atoms with Crippen molar-refractivity contribution in [3.63, 3.8) is 0 Å². The first-order valence-corrected chi connectivity index (χ1v) is 3.24. The fourth-order valence-electron chi connectivity index (χ4n) is 0.404. The maximum absolute atomic E-state index is 11.9. The molecule has 2 N–H and O–H groups in total. The predicted molar refractivity (Wildman–Crippen MR) is 38.5 cm³/mol. The Hall–Kier alpha value is -1.22. The van der Waals surface area contributed by atoms with Gasteiger partial charge >= 0.3 is 6.18 Å². The highest BCUT2D eigenvalue weighted by atomic mass is 19.4. The van der Waals surface area contributed by atoms with Gasteiger partial charge in [0.05, 0.1) is 6.54 Å². The molecule has 0 fully saturated rings. The van der Waals surface area contributed by atoms with E-state index in [2.05, 4.69) is 6.42 Å². The minimum atomic E-state index is -4.80. The molecule has 3 nitrogen and oxygen atoms in total. The standard InChI is InChI=1S/C7H8F3NO2/c1-3-5(12)11-4-6(2,13)7(8,9)10/h1,13H,4H2,2H3,(H,11,12). The lowest BCUT2D eigenvalue weighted by molar-refractivity contribution is -0.250. The lowest BCUT2D eigenvalue weighted by Gasteiger charge is -2.25. The van der Waals surface area contributed by atoms with Crippen LogP contribution in [0.15, 0.2) is 0 Å². The Morgan fingerprint density at radius 1 is 1.62 bits per heavy atom. The number of alkyl halides is 3. The Kier molecular flexibility index (Phi) is 3.32. The lowest BCUT2D eigenvalue weighted by Crippen LogP contribution is -2.51. The average molecular weight is 195 g/mol. The van der Waals surface area contributed by atoms with Gasteiger partial charge in [0.15, 0.2) is 5.60 Å². The van der Waals surface area contributed by atoms with Gasteiger partial charge in [0.2, 0.25) is 0 Å². The van der Waals surface area contributed by atoms with Crippen LogP contribution in [0.25, 0.3) is 0 Å². The molecule has 0 aliphatic heterocycles. The molecule has 0 saturated carbocycles. The molecule has 0 heterocycles. The van der Waals surface area contributed by atoms with E-state index in [0.29, 0.717) is 6.92 Å². The van der Waals surface area contributed by atoms with E-state index < -0.39 is 24.2 Å². The Bertz CT molecular complexity index is 239. The normalized spacial score (nSPS) is 15.7. The van der Waals surface area contributed by atoms with Crippen LogP contribution in [0, 0.1) is 12.3 Å². The molecular weight excluding hydrogens is 187 g/mol. The molecule has 0 aromatic carbocycles. The fraction of sp³-hybridized carbons (Fsp3) is 0.571. The van der Waals surface area contributed by atoms with Gasteiger partial charge in [-0.05, 0) is 12.8 Å². The zero-order chi connectivity index (χ0) is 10.7. The Labute approximate surface area is 72.9 Å². The molecule has 1 unspecified atom stereocenters. The summed E-state index contributed by atoms with van der Waals surface area (Å²) in [6, 6.07) is 0. The summed E-state index contributed by atoms with van der Waals surface area (Å²) >= 11 is 0. The Morgan fingerprint density at radius 3 is 2.38 bits per heavy atom. The molecule has 0 aromatic rings. The second kappa shape index (κ2) is 3.66. The number of nitrogens with one attached hydrogen (secondary N) is 1. The van der Waals surface area contributed by atoms with Crippen LogP contribution in [-0.4, -0.2) is 29.3 Å². The summed E-state index contributed by atoms with van der Waals surface area (Å²) in [5.41, 5.74) is -2.96. The van der Waals surface area contributed by atoms with E-state index >= 15 is 0 Å². The highest BCUT2D eigenvalue weighted by molar-refractivity contribution is 5.92. The third-order valence-corrected chi connectivity index (χ3v) is 1.33. The van der Waals surface area contributed by atoms with Crippen molar-refractivity contribution in [1.29, 1.82) is 0 Å². The number of carbonyl (C=O) groups excluding carboxylic acids is 1. The summed E-state index contributed by atoms with van der Waals surface area (Å²) in [6.45, 7) is -0.413. The summed E-state index contributed by atoms with van der Waals surface area (Å²) in [5, 5.41) is 10.5. The van der Waals surface area contributed by atoms with E-state index in [1.807, 2.05) is 0 Å². The summed E-state index contributed by atoms with van der Waals surface area (Å²) in [4.78, 5) is 10.4. The van der Waals surface area contributed by atoms with Crippen LogP contribution in [0.4, 0.5) is 13.2 Å². The number of hydrogen-bond donors (Lipinski definition) is 2. The second-order valence-electron chi connectivity index (χ2n) is 2.60. The van der Waals surface area contributed by atoms with Crippen molar-refractivity contribution in [3.05, 3.63) is 0 Å². The molecule has 0 aliphatic carbocycles. The van der Waals surface area contributed by atoms with Gasteiger partial charge in [-0.2, -0.15) is 13.2 Å². The predicted octanol–water partition coefficient (Wildman–Crippen LogP) is 0.0491. The van der Waals surface area contributed by atoms with Crippen molar-refractivity contribution in [3.8, 4) is 12.3 Å². The van der Waals surface area contributed by atoms with E-state index in [9.17, 15) is 18.0 Å². The fourth-order valence-corrected chi connectivity index (χ4v) is 0.404. The van der Waals surface area contributed by atoms with E-state index in [4.69, 9.17) is 5.11 Å². The molecule has 13 heavy (non-hydrogen) atoms. The molecular formula is C7H8F3NO2. The minimum absolute atomic E-state index is 0.545. The van der Waals surface area contributed by atoms with E-state index in [1.165, 1.54) is 0 Å². The summed E-state index contributed by atoms with van der Waals surface area (Å²) in [5.74, 6) is 0.565. The first-order valence-electron chi connectivity index (χ1n) is 3.24. The van der Waals surface area contributed by atoms with Crippen LogP contribution in [0.3, 0.4) is 0 Å². The lowest BCUT2D eigenvalue weighted by atomic mass is 10.1. The number of rotatable bonds is 2. The smallest absolute Gasteiger partial charge is 0.379 e. The van der Waals surface area contributed by atoms with Gasteiger partial charge in [-0.3, -0.25) is 4.79 Å². The topological polar surface area (TPSA) is 49.3 Å². The SMILES string of the molecule is C#CC(=O)NCC(C)(O)C(F)(F)F. The van der Waals surface area contributed by atoms with E-state index in [-0.39, 0.29) is 0 Å².